The third kappa shape index (κ3) is 3.18. The second-order valence-corrected chi connectivity index (χ2v) is 5.21. The van der Waals surface area contributed by atoms with Crippen LogP contribution >= 0.6 is 0 Å². The lowest BCUT2D eigenvalue weighted by molar-refractivity contribution is 0.191. The smallest absolute Gasteiger partial charge is 0.318 e. The van der Waals surface area contributed by atoms with Crippen LogP contribution in [-0.2, 0) is 19.5 Å². The van der Waals surface area contributed by atoms with Crippen molar-refractivity contribution in [3.63, 3.8) is 0 Å². The van der Waals surface area contributed by atoms with Crippen molar-refractivity contribution in [2.75, 3.05) is 6.54 Å². The number of nitrogens with one attached hydrogen (secondary N) is 1. The van der Waals surface area contributed by atoms with Crippen LogP contribution in [0.25, 0.3) is 0 Å². The van der Waals surface area contributed by atoms with Gasteiger partial charge >= 0.3 is 6.03 Å². The second kappa shape index (κ2) is 5.91. The van der Waals surface area contributed by atoms with E-state index < -0.39 is 0 Å². The zero-order chi connectivity index (χ0) is 14.7. The van der Waals surface area contributed by atoms with Gasteiger partial charge in [-0.3, -0.25) is 0 Å². The Hall–Kier alpha value is -2.43. The van der Waals surface area contributed by atoms with Gasteiger partial charge in [-0.25, -0.2) is 14.8 Å². The summed E-state index contributed by atoms with van der Waals surface area (Å²) in [6.07, 6.45) is 2.69. The maximum Gasteiger partial charge on any atom is 0.318 e. The van der Waals surface area contributed by atoms with Crippen LogP contribution in [0.4, 0.5) is 4.79 Å². The molecule has 0 radical (unpaired) electrons. The molecular weight excluding hydrogens is 264 g/mol. The third-order valence-corrected chi connectivity index (χ3v) is 3.64. The van der Waals surface area contributed by atoms with Crippen LogP contribution < -0.4 is 5.32 Å². The van der Waals surface area contributed by atoms with Gasteiger partial charge in [-0.05, 0) is 24.5 Å². The minimum Gasteiger partial charge on any atom is -0.334 e. The lowest BCUT2D eigenvalue weighted by Crippen LogP contribution is -2.42. The summed E-state index contributed by atoms with van der Waals surface area (Å²) >= 11 is 0. The Bertz CT molecular complexity index is 642. The third-order valence-electron chi connectivity index (χ3n) is 3.64. The Morgan fingerprint density at radius 3 is 2.95 bits per heavy atom. The Labute approximate surface area is 124 Å². The largest absolute Gasteiger partial charge is 0.334 e. The summed E-state index contributed by atoms with van der Waals surface area (Å²) in [5, 5.41) is 2.96. The van der Waals surface area contributed by atoms with Crippen molar-refractivity contribution in [1.82, 2.24) is 20.2 Å². The number of carbonyl (C=O) groups excluding carboxylic acids is 1. The summed E-state index contributed by atoms with van der Waals surface area (Å²) in [4.78, 5) is 22.7. The molecule has 2 heterocycles. The van der Waals surface area contributed by atoms with Gasteiger partial charge in [-0.2, -0.15) is 0 Å². The molecule has 0 fully saturated rings. The average molecular weight is 282 g/mol. The first-order chi connectivity index (χ1) is 10.2. The van der Waals surface area contributed by atoms with Crippen LogP contribution in [0.15, 0.2) is 36.5 Å². The monoisotopic (exact) mass is 282 g/mol. The number of fused-ring (bicyclic) bond motifs is 1. The predicted molar refractivity (Wildman–Crippen MR) is 79.6 cm³/mol. The fourth-order valence-corrected chi connectivity index (χ4v) is 2.46. The molecule has 1 aliphatic heterocycles. The number of amides is 2. The molecule has 2 aromatic rings. The highest BCUT2D eigenvalue weighted by atomic mass is 16.2. The summed E-state index contributed by atoms with van der Waals surface area (Å²) in [6, 6.07) is 9.87. The number of aromatic nitrogens is 2. The summed E-state index contributed by atoms with van der Waals surface area (Å²) in [6.45, 7) is 3.68. The highest BCUT2D eigenvalue weighted by molar-refractivity contribution is 5.74. The number of aryl methyl sites for hydroxylation is 1. The first kappa shape index (κ1) is 13.5. The topological polar surface area (TPSA) is 58.1 Å². The molecule has 5 nitrogen and oxygen atoms in total. The van der Waals surface area contributed by atoms with E-state index in [1.54, 1.807) is 4.90 Å². The van der Waals surface area contributed by atoms with Gasteiger partial charge < -0.3 is 10.2 Å². The number of hydrogen-bond acceptors (Lipinski definition) is 3. The van der Waals surface area contributed by atoms with E-state index >= 15 is 0 Å². The van der Waals surface area contributed by atoms with Crippen LogP contribution in [0, 0.1) is 6.92 Å². The van der Waals surface area contributed by atoms with Gasteiger partial charge in [0.1, 0.15) is 5.82 Å². The van der Waals surface area contributed by atoms with Crippen molar-refractivity contribution in [3.05, 3.63) is 59.2 Å². The molecule has 0 unspecified atom stereocenters. The van der Waals surface area contributed by atoms with Crippen LogP contribution in [0.3, 0.4) is 0 Å². The van der Waals surface area contributed by atoms with Crippen molar-refractivity contribution in [2.45, 2.75) is 26.4 Å². The zero-order valence-corrected chi connectivity index (χ0v) is 12.0. The molecule has 0 spiro atoms. The highest BCUT2D eigenvalue weighted by Gasteiger charge is 2.21. The minimum atomic E-state index is -0.0410. The number of urea groups is 1. The number of benzene rings is 1. The second-order valence-electron chi connectivity index (χ2n) is 5.21. The Morgan fingerprint density at radius 1 is 1.33 bits per heavy atom. The van der Waals surface area contributed by atoms with E-state index in [0.717, 1.165) is 29.1 Å². The van der Waals surface area contributed by atoms with E-state index in [1.165, 1.54) is 0 Å². The first-order valence-corrected chi connectivity index (χ1v) is 7.10. The summed E-state index contributed by atoms with van der Waals surface area (Å²) in [5.41, 5.74) is 3.21. The van der Waals surface area contributed by atoms with Gasteiger partial charge in [-0.15, -0.1) is 0 Å². The lowest BCUT2D eigenvalue weighted by Gasteiger charge is -2.28. The molecule has 1 aromatic heterocycles. The lowest BCUT2D eigenvalue weighted by atomic mass is 10.1. The van der Waals surface area contributed by atoms with Gasteiger partial charge in [0.2, 0.25) is 0 Å². The maximum atomic E-state index is 12.2. The fourth-order valence-electron chi connectivity index (χ4n) is 2.46. The SMILES string of the molecule is Cc1ncc2c(n1)CN(C(=O)NCc1ccccc1)CC2. The molecule has 0 saturated heterocycles. The Kier molecular flexibility index (Phi) is 3.81. The molecule has 108 valence electrons. The highest BCUT2D eigenvalue weighted by Crippen LogP contribution is 2.16. The molecule has 3 rings (SSSR count). The van der Waals surface area contributed by atoms with Gasteiger partial charge in [0.25, 0.3) is 0 Å². The quantitative estimate of drug-likeness (QED) is 0.917. The molecule has 0 atom stereocenters. The first-order valence-electron chi connectivity index (χ1n) is 7.10. The number of nitrogens with zero attached hydrogens (tertiary/aromatic N) is 3. The standard InChI is InChI=1S/C16H18N4O/c1-12-17-10-14-7-8-20(11-15(14)19-12)16(21)18-9-13-5-3-2-4-6-13/h2-6,10H,7-9,11H2,1H3,(H,18,21). The summed E-state index contributed by atoms with van der Waals surface area (Å²) in [5.74, 6) is 0.750. The number of hydrogen-bond donors (Lipinski definition) is 1. The molecule has 0 bridgehead atoms. The zero-order valence-electron chi connectivity index (χ0n) is 12.0. The van der Waals surface area contributed by atoms with Crippen LogP contribution in [0.1, 0.15) is 22.6 Å². The molecule has 1 N–H and O–H groups in total. The van der Waals surface area contributed by atoms with Crippen LogP contribution in [0.2, 0.25) is 0 Å². The molecule has 2 amide bonds. The van der Waals surface area contributed by atoms with Crippen molar-refractivity contribution in [3.8, 4) is 0 Å². The van der Waals surface area contributed by atoms with Gasteiger partial charge in [0.05, 0.1) is 12.2 Å². The Balaban J connectivity index is 1.61. The molecule has 0 aliphatic carbocycles. The number of carbonyl (C=O) groups is 1. The fraction of sp³-hybridized carbons (Fsp3) is 0.312. The Morgan fingerprint density at radius 2 is 2.14 bits per heavy atom. The van der Waals surface area contributed by atoms with Gasteiger partial charge in [0.15, 0.2) is 0 Å². The van der Waals surface area contributed by atoms with E-state index in [9.17, 15) is 4.79 Å². The average Bonchev–Trinajstić information content (AvgIpc) is 2.53. The van der Waals surface area contributed by atoms with Crippen LogP contribution in [-0.4, -0.2) is 27.4 Å². The van der Waals surface area contributed by atoms with Crippen molar-refractivity contribution >= 4 is 6.03 Å². The number of rotatable bonds is 2. The van der Waals surface area contributed by atoms with E-state index in [1.807, 2.05) is 43.5 Å². The molecule has 5 heteroatoms. The van der Waals surface area contributed by atoms with E-state index in [-0.39, 0.29) is 6.03 Å². The maximum absolute atomic E-state index is 12.2. The van der Waals surface area contributed by atoms with E-state index in [0.29, 0.717) is 19.6 Å². The van der Waals surface area contributed by atoms with Gasteiger partial charge in [-0.1, -0.05) is 30.3 Å². The molecule has 1 aromatic carbocycles. The van der Waals surface area contributed by atoms with E-state index in [2.05, 4.69) is 15.3 Å². The van der Waals surface area contributed by atoms with E-state index in [4.69, 9.17) is 0 Å². The van der Waals surface area contributed by atoms with Crippen LogP contribution in [0.5, 0.6) is 0 Å². The summed E-state index contributed by atoms with van der Waals surface area (Å²) < 4.78 is 0. The predicted octanol–water partition coefficient (Wildman–Crippen LogP) is 2.05. The summed E-state index contributed by atoms with van der Waals surface area (Å²) in [7, 11) is 0. The van der Waals surface area contributed by atoms with Crippen molar-refractivity contribution in [1.29, 1.82) is 0 Å². The van der Waals surface area contributed by atoms with Crippen molar-refractivity contribution in [2.24, 2.45) is 0 Å². The molecule has 21 heavy (non-hydrogen) atoms. The molecular formula is C16H18N4O. The minimum absolute atomic E-state index is 0.0410. The van der Waals surface area contributed by atoms with Crippen molar-refractivity contribution < 1.29 is 4.79 Å². The van der Waals surface area contributed by atoms with Gasteiger partial charge in [0, 0.05) is 19.3 Å². The molecule has 0 saturated carbocycles. The normalized spacial score (nSPS) is 13.7. The molecule has 1 aliphatic rings.